The fourth-order valence-corrected chi connectivity index (χ4v) is 2.19. The molecule has 21 heavy (non-hydrogen) atoms. The van der Waals surface area contributed by atoms with Crippen molar-refractivity contribution >= 4 is 11.8 Å². The number of hydrogen-bond acceptors (Lipinski definition) is 2. The van der Waals surface area contributed by atoms with Crippen molar-refractivity contribution < 1.29 is 9.59 Å². The second kappa shape index (κ2) is 6.70. The molecule has 0 radical (unpaired) electrons. The highest BCUT2D eigenvalue weighted by atomic mass is 16.2. The fraction of sp³-hybridized carbons (Fsp3) is 0.176. The van der Waals surface area contributed by atoms with Gasteiger partial charge in [0.05, 0.1) is 0 Å². The van der Waals surface area contributed by atoms with Crippen LogP contribution in [0.25, 0.3) is 0 Å². The molecule has 0 aliphatic rings. The standard InChI is InChI=1S/C17H18N2O2/c1-12-7-9-14(10-8-12)15(11-19-17(21)16(18)20)13-5-3-2-4-6-13/h2-10,15H,11H2,1H3,(H2,18,20)(H,19,21). The number of benzene rings is 2. The lowest BCUT2D eigenvalue weighted by Crippen LogP contribution is -2.38. The molecule has 1 atom stereocenters. The predicted octanol–water partition coefficient (Wildman–Crippen LogP) is 1.73. The van der Waals surface area contributed by atoms with Crippen LogP contribution < -0.4 is 11.1 Å². The molecule has 108 valence electrons. The zero-order valence-corrected chi connectivity index (χ0v) is 11.9. The monoisotopic (exact) mass is 282 g/mol. The summed E-state index contributed by atoms with van der Waals surface area (Å²) in [5.74, 6) is -1.75. The Morgan fingerprint density at radius 3 is 2.14 bits per heavy atom. The van der Waals surface area contributed by atoms with Crippen molar-refractivity contribution in [1.82, 2.24) is 5.32 Å². The third-order valence-electron chi connectivity index (χ3n) is 3.37. The van der Waals surface area contributed by atoms with E-state index < -0.39 is 11.8 Å². The number of carbonyl (C=O) groups is 2. The molecule has 0 aliphatic heterocycles. The maximum Gasteiger partial charge on any atom is 0.309 e. The van der Waals surface area contributed by atoms with E-state index in [1.54, 1.807) is 0 Å². The highest BCUT2D eigenvalue weighted by Gasteiger charge is 2.16. The molecule has 2 aromatic carbocycles. The van der Waals surface area contributed by atoms with Gasteiger partial charge in [0.1, 0.15) is 0 Å². The zero-order valence-electron chi connectivity index (χ0n) is 11.9. The molecule has 2 rings (SSSR count). The minimum Gasteiger partial charge on any atom is -0.361 e. The van der Waals surface area contributed by atoms with Crippen LogP contribution in [-0.4, -0.2) is 18.4 Å². The van der Waals surface area contributed by atoms with Gasteiger partial charge in [-0.2, -0.15) is 0 Å². The first-order valence-corrected chi connectivity index (χ1v) is 6.77. The Morgan fingerprint density at radius 1 is 1.00 bits per heavy atom. The topological polar surface area (TPSA) is 72.2 Å². The molecule has 0 heterocycles. The van der Waals surface area contributed by atoms with Gasteiger partial charge in [0.2, 0.25) is 0 Å². The summed E-state index contributed by atoms with van der Waals surface area (Å²) < 4.78 is 0. The SMILES string of the molecule is Cc1ccc(C(CNC(=O)C(N)=O)c2ccccc2)cc1. The molecule has 2 aromatic rings. The molecule has 0 spiro atoms. The third kappa shape index (κ3) is 3.92. The van der Waals surface area contributed by atoms with Gasteiger partial charge in [-0.05, 0) is 18.1 Å². The molecule has 2 amide bonds. The van der Waals surface area contributed by atoms with Crippen LogP contribution in [0, 0.1) is 6.92 Å². The van der Waals surface area contributed by atoms with Gasteiger partial charge in [-0.3, -0.25) is 9.59 Å². The number of nitrogens with two attached hydrogens (primary N) is 1. The molecule has 0 aliphatic carbocycles. The lowest BCUT2D eigenvalue weighted by Gasteiger charge is -2.18. The molecular formula is C17H18N2O2. The highest BCUT2D eigenvalue weighted by Crippen LogP contribution is 2.24. The Balaban J connectivity index is 2.24. The maximum absolute atomic E-state index is 11.4. The van der Waals surface area contributed by atoms with E-state index in [1.165, 1.54) is 5.56 Å². The molecule has 0 saturated carbocycles. The highest BCUT2D eigenvalue weighted by molar-refractivity contribution is 6.34. The summed E-state index contributed by atoms with van der Waals surface area (Å²) in [4.78, 5) is 22.2. The number of rotatable bonds is 4. The van der Waals surface area contributed by atoms with Gasteiger partial charge in [-0.25, -0.2) is 0 Å². The minimum atomic E-state index is -0.967. The van der Waals surface area contributed by atoms with Crippen molar-refractivity contribution in [3.63, 3.8) is 0 Å². The van der Waals surface area contributed by atoms with Gasteiger partial charge in [0.25, 0.3) is 0 Å². The van der Waals surface area contributed by atoms with Gasteiger partial charge in [-0.15, -0.1) is 0 Å². The Labute approximate surface area is 124 Å². The van der Waals surface area contributed by atoms with E-state index in [2.05, 4.69) is 5.32 Å². The lowest BCUT2D eigenvalue weighted by molar-refractivity contribution is -0.137. The summed E-state index contributed by atoms with van der Waals surface area (Å²) in [5, 5.41) is 2.58. The van der Waals surface area contributed by atoms with E-state index in [9.17, 15) is 9.59 Å². The van der Waals surface area contributed by atoms with Crippen molar-refractivity contribution in [2.45, 2.75) is 12.8 Å². The van der Waals surface area contributed by atoms with Gasteiger partial charge < -0.3 is 11.1 Å². The molecular weight excluding hydrogens is 264 g/mol. The molecule has 4 heteroatoms. The van der Waals surface area contributed by atoms with E-state index in [1.807, 2.05) is 61.5 Å². The summed E-state index contributed by atoms with van der Waals surface area (Å²) in [6.07, 6.45) is 0. The van der Waals surface area contributed by atoms with Crippen LogP contribution in [-0.2, 0) is 9.59 Å². The van der Waals surface area contributed by atoms with Gasteiger partial charge in [0, 0.05) is 12.5 Å². The van der Waals surface area contributed by atoms with Crippen molar-refractivity contribution in [1.29, 1.82) is 0 Å². The molecule has 1 unspecified atom stereocenters. The van der Waals surface area contributed by atoms with Crippen molar-refractivity contribution in [2.24, 2.45) is 5.73 Å². The summed E-state index contributed by atoms with van der Waals surface area (Å²) in [5.41, 5.74) is 8.30. The number of amides is 2. The fourth-order valence-electron chi connectivity index (χ4n) is 2.19. The van der Waals surface area contributed by atoms with E-state index in [0.717, 1.165) is 11.1 Å². The maximum atomic E-state index is 11.4. The minimum absolute atomic E-state index is 0.0184. The first-order valence-electron chi connectivity index (χ1n) is 6.77. The quantitative estimate of drug-likeness (QED) is 0.838. The smallest absolute Gasteiger partial charge is 0.309 e. The lowest BCUT2D eigenvalue weighted by atomic mass is 9.91. The molecule has 0 saturated heterocycles. The summed E-state index contributed by atoms with van der Waals surface area (Å²) in [7, 11) is 0. The number of hydrogen-bond donors (Lipinski definition) is 2. The van der Waals surface area contributed by atoms with Crippen molar-refractivity contribution in [3.05, 3.63) is 71.3 Å². The predicted molar refractivity (Wildman–Crippen MR) is 81.7 cm³/mol. The van der Waals surface area contributed by atoms with Crippen molar-refractivity contribution in [3.8, 4) is 0 Å². The molecule has 0 aromatic heterocycles. The number of carbonyl (C=O) groups excluding carboxylic acids is 2. The first kappa shape index (κ1) is 14.8. The number of nitrogens with one attached hydrogen (secondary N) is 1. The van der Waals surface area contributed by atoms with E-state index in [4.69, 9.17) is 5.73 Å². The Bertz CT molecular complexity index is 621. The first-order chi connectivity index (χ1) is 10.1. The largest absolute Gasteiger partial charge is 0.361 e. The second-order valence-corrected chi connectivity index (χ2v) is 4.95. The molecule has 4 nitrogen and oxygen atoms in total. The van der Waals surface area contributed by atoms with Gasteiger partial charge in [0.15, 0.2) is 0 Å². The van der Waals surface area contributed by atoms with Crippen molar-refractivity contribution in [2.75, 3.05) is 6.54 Å². The van der Waals surface area contributed by atoms with Crippen LogP contribution in [0.1, 0.15) is 22.6 Å². The van der Waals surface area contributed by atoms with Crippen LogP contribution in [0.4, 0.5) is 0 Å². The number of primary amides is 1. The number of aryl methyl sites for hydroxylation is 1. The van der Waals surface area contributed by atoms with Crippen LogP contribution in [0.2, 0.25) is 0 Å². The zero-order chi connectivity index (χ0) is 15.2. The Hall–Kier alpha value is -2.62. The Morgan fingerprint density at radius 2 is 1.57 bits per heavy atom. The van der Waals surface area contributed by atoms with Crippen LogP contribution >= 0.6 is 0 Å². The van der Waals surface area contributed by atoms with Crippen LogP contribution in [0.15, 0.2) is 54.6 Å². The van der Waals surface area contributed by atoms with Gasteiger partial charge in [-0.1, -0.05) is 60.2 Å². The molecule has 0 bridgehead atoms. The van der Waals surface area contributed by atoms with E-state index in [-0.39, 0.29) is 5.92 Å². The normalized spacial score (nSPS) is 11.7. The van der Waals surface area contributed by atoms with E-state index >= 15 is 0 Å². The average molecular weight is 282 g/mol. The summed E-state index contributed by atoms with van der Waals surface area (Å²) in [6, 6.07) is 18.0. The summed E-state index contributed by atoms with van der Waals surface area (Å²) in [6.45, 7) is 2.35. The average Bonchev–Trinajstić information content (AvgIpc) is 2.50. The van der Waals surface area contributed by atoms with Crippen LogP contribution in [0.3, 0.4) is 0 Å². The third-order valence-corrected chi connectivity index (χ3v) is 3.37. The van der Waals surface area contributed by atoms with Crippen LogP contribution in [0.5, 0.6) is 0 Å². The van der Waals surface area contributed by atoms with Gasteiger partial charge >= 0.3 is 11.8 Å². The summed E-state index contributed by atoms with van der Waals surface area (Å²) >= 11 is 0. The molecule has 3 N–H and O–H groups in total. The Kier molecular flexibility index (Phi) is 4.72. The molecule has 0 fully saturated rings. The van der Waals surface area contributed by atoms with E-state index in [0.29, 0.717) is 6.54 Å². The second-order valence-electron chi connectivity index (χ2n) is 4.95.